The highest BCUT2D eigenvalue weighted by molar-refractivity contribution is 7.80. The molecule has 2 aromatic rings. The molecule has 6 nitrogen and oxygen atoms in total. The van der Waals surface area contributed by atoms with Crippen molar-refractivity contribution < 1.29 is 29.3 Å². The summed E-state index contributed by atoms with van der Waals surface area (Å²) < 4.78 is 9.55. The fourth-order valence-electron chi connectivity index (χ4n) is 2.89. The average Bonchev–Trinajstić information content (AvgIpc) is 3.15. The number of fused-ring (bicyclic) bond motifs is 3. The van der Waals surface area contributed by atoms with Gasteiger partial charge in [-0.15, -0.1) is 0 Å². The smallest absolute Gasteiger partial charge is 0.333 e. The lowest BCUT2D eigenvalue weighted by Gasteiger charge is -2.07. The lowest BCUT2D eigenvalue weighted by atomic mass is 10.1. The zero-order valence-corrected chi connectivity index (χ0v) is 19.5. The van der Waals surface area contributed by atoms with E-state index in [2.05, 4.69) is 73.8 Å². The SMILES string of the molecule is CCOC(CS)C(=O)O.CCOC(CS)C(=O)O.c1ccc2c(c1)Cc1ccccc1-2. The lowest BCUT2D eigenvalue weighted by Crippen LogP contribution is -2.25. The molecular formula is C23H30O6S2. The molecule has 31 heavy (non-hydrogen) atoms. The van der Waals surface area contributed by atoms with Crippen LogP contribution >= 0.6 is 25.3 Å². The molecule has 0 heterocycles. The molecule has 8 heteroatoms. The predicted molar refractivity (Wildman–Crippen MR) is 128 cm³/mol. The molecule has 0 bridgehead atoms. The molecule has 0 saturated carbocycles. The topological polar surface area (TPSA) is 93.1 Å². The van der Waals surface area contributed by atoms with Crippen LogP contribution in [0.5, 0.6) is 0 Å². The van der Waals surface area contributed by atoms with Crippen molar-refractivity contribution in [2.24, 2.45) is 0 Å². The van der Waals surface area contributed by atoms with Crippen LogP contribution in [0, 0.1) is 0 Å². The Morgan fingerprint density at radius 3 is 1.42 bits per heavy atom. The third kappa shape index (κ3) is 8.95. The highest BCUT2D eigenvalue weighted by atomic mass is 32.1. The summed E-state index contributed by atoms with van der Waals surface area (Å²) in [4.78, 5) is 20.3. The van der Waals surface area contributed by atoms with Crippen LogP contribution in [0.3, 0.4) is 0 Å². The first-order chi connectivity index (χ1) is 14.9. The minimum atomic E-state index is -0.952. The molecule has 0 fully saturated rings. The average molecular weight is 467 g/mol. The molecule has 1 aliphatic rings. The molecule has 0 spiro atoms. The van der Waals surface area contributed by atoms with Crippen LogP contribution in [0.1, 0.15) is 25.0 Å². The minimum Gasteiger partial charge on any atom is -0.479 e. The second-order valence-corrected chi connectivity index (χ2v) is 7.15. The second kappa shape index (κ2) is 14.9. The molecule has 0 aliphatic heterocycles. The highest BCUT2D eigenvalue weighted by Crippen LogP contribution is 2.35. The Hall–Kier alpha value is -2.00. The molecule has 1 aliphatic carbocycles. The molecular weight excluding hydrogens is 436 g/mol. The quantitative estimate of drug-likeness (QED) is 0.374. The fourth-order valence-corrected chi connectivity index (χ4v) is 3.41. The molecule has 0 radical (unpaired) electrons. The molecule has 2 unspecified atom stereocenters. The summed E-state index contributed by atoms with van der Waals surface area (Å²) >= 11 is 7.57. The van der Waals surface area contributed by atoms with Crippen LogP contribution in [-0.2, 0) is 25.5 Å². The third-order valence-electron chi connectivity index (χ3n) is 4.32. The van der Waals surface area contributed by atoms with Crippen molar-refractivity contribution in [3.63, 3.8) is 0 Å². The van der Waals surface area contributed by atoms with E-state index in [0.717, 1.165) is 6.42 Å². The van der Waals surface area contributed by atoms with Crippen LogP contribution in [0.2, 0.25) is 0 Å². The van der Waals surface area contributed by atoms with E-state index < -0.39 is 24.1 Å². The van der Waals surface area contributed by atoms with Crippen molar-refractivity contribution >= 4 is 37.2 Å². The van der Waals surface area contributed by atoms with Gasteiger partial charge in [-0.3, -0.25) is 0 Å². The number of rotatable bonds is 8. The number of aliphatic carboxylic acids is 2. The maximum Gasteiger partial charge on any atom is 0.333 e. The first-order valence-electron chi connectivity index (χ1n) is 9.96. The van der Waals surface area contributed by atoms with Crippen molar-refractivity contribution in [1.29, 1.82) is 0 Å². The monoisotopic (exact) mass is 466 g/mol. The van der Waals surface area contributed by atoms with Gasteiger partial charge in [0.25, 0.3) is 0 Å². The minimum absolute atomic E-state index is 0.225. The van der Waals surface area contributed by atoms with Crippen LogP contribution in [0.15, 0.2) is 48.5 Å². The Balaban J connectivity index is 0.000000242. The molecule has 0 amide bonds. The van der Waals surface area contributed by atoms with Crippen LogP contribution < -0.4 is 0 Å². The summed E-state index contributed by atoms with van der Waals surface area (Å²) in [6, 6.07) is 17.3. The maximum atomic E-state index is 10.1. The molecule has 0 saturated heterocycles. The Bertz CT molecular complexity index is 760. The summed E-state index contributed by atoms with van der Waals surface area (Å²) in [6.45, 7) is 4.33. The van der Waals surface area contributed by atoms with E-state index in [1.54, 1.807) is 13.8 Å². The molecule has 170 valence electrons. The highest BCUT2D eigenvalue weighted by Gasteiger charge is 2.16. The number of carboxylic acids is 2. The summed E-state index contributed by atoms with van der Waals surface area (Å²) in [7, 11) is 0. The van der Waals surface area contributed by atoms with Gasteiger partial charge in [0, 0.05) is 24.7 Å². The summed E-state index contributed by atoms with van der Waals surface area (Å²) in [5, 5.41) is 16.7. The standard InChI is InChI=1S/C13H10.2C5H10O3S/c1-3-7-12-10(5-1)9-11-6-2-4-8-13(11)12;2*1-2-8-4(3-9)5(6)7/h1-8H,9H2;2*4,9H,2-3H2,1H3,(H,6,7). The number of ether oxygens (including phenoxy) is 2. The Morgan fingerprint density at radius 1 is 0.806 bits per heavy atom. The van der Waals surface area contributed by atoms with E-state index in [0.29, 0.717) is 13.2 Å². The zero-order chi connectivity index (χ0) is 23.2. The predicted octanol–water partition coefficient (Wildman–Crippen LogP) is 4.07. The van der Waals surface area contributed by atoms with Gasteiger partial charge in [0.05, 0.1) is 0 Å². The van der Waals surface area contributed by atoms with Crippen molar-refractivity contribution in [2.75, 3.05) is 24.7 Å². The zero-order valence-electron chi connectivity index (χ0n) is 17.7. The van der Waals surface area contributed by atoms with Crippen molar-refractivity contribution in [3.05, 3.63) is 59.7 Å². The maximum absolute atomic E-state index is 10.1. The number of carboxylic acid groups (broad SMARTS) is 2. The van der Waals surface area contributed by atoms with Gasteiger partial charge in [0.2, 0.25) is 0 Å². The first-order valence-corrected chi connectivity index (χ1v) is 11.2. The number of benzene rings is 2. The Morgan fingerprint density at radius 2 is 1.16 bits per heavy atom. The van der Waals surface area contributed by atoms with Crippen molar-refractivity contribution in [2.45, 2.75) is 32.5 Å². The second-order valence-electron chi connectivity index (χ2n) is 6.42. The van der Waals surface area contributed by atoms with E-state index in [-0.39, 0.29) is 11.5 Å². The van der Waals surface area contributed by atoms with Gasteiger partial charge in [-0.05, 0) is 42.5 Å². The lowest BCUT2D eigenvalue weighted by molar-refractivity contribution is -0.149. The largest absolute Gasteiger partial charge is 0.479 e. The number of carbonyl (C=O) groups is 2. The van der Waals surface area contributed by atoms with Gasteiger partial charge >= 0.3 is 11.9 Å². The number of thiol groups is 2. The molecule has 2 N–H and O–H groups in total. The van der Waals surface area contributed by atoms with Crippen LogP contribution in [-0.4, -0.2) is 59.1 Å². The van der Waals surface area contributed by atoms with E-state index >= 15 is 0 Å². The van der Waals surface area contributed by atoms with Crippen molar-refractivity contribution in [1.82, 2.24) is 0 Å². The van der Waals surface area contributed by atoms with E-state index in [1.165, 1.54) is 22.3 Å². The van der Waals surface area contributed by atoms with Gasteiger partial charge in [-0.1, -0.05) is 48.5 Å². The summed E-state index contributed by atoms with van der Waals surface area (Å²) in [5.41, 5.74) is 5.75. The fraction of sp³-hybridized carbons (Fsp3) is 0.391. The normalized spacial score (nSPS) is 12.8. The summed E-state index contributed by atoms with van der Waals surface area (Å²) in [6.07, 6.45) is -0.400. The van der Waals surface area contributed by atoms with E-state index in [1.807, 2.05) is 0 Å². The van der Waals surface area contributed by atoms with Gasteiger partial charge in [-0.25, -0.2) is 9.59 Å². The molecule has 2 aromatic carbocycles. The van der Waals surface area contributed by atoms with Crippen LogP contribution in [0.25, 0.3) is 11.1 Å². The van der Waals surface area contributed by atoms with Gasteiger partial charge in [-0.2, -0.15) is 25.3 Å². The first kappa shape index (κ1) is 27.0. The van der Waals surface area contributed by atoms with E-state index in [9.17, 15) is 9.59 Å². The Labute approximate surface area is 194 Å². The number of hydrogen-bond donors (Lipinski definition) is 4. The molecule has 2 atom stereocenters. The van der Waals surface area contributed by atoms with Crippen LogP contribution in [0.4, 0.5) is 0 Å². The van der Waals surface area contributed by atoms with Gasteiger partial charge in [0.1, 0.15) is 0 Å². The van der Waals surface area contributed by atoms with E-state index in [4.69, 9.17) is 19.7 Å². The molecule has 3 rings (SSSR count). The van der Waals surface area contributed by atoms with Crippen molar-refractivity contribution in [3.8, 4) is 11.1 Å². The third-order valence-corrected chi connectivity index (χ3v) is 4.99. The number of hydrogen-bond acceptors (Lipinski definition) is 6. The summed E-state index contributed by atoms with van der Waals surface area (Å²) in [5.74, 6) is -1.45. The Kier molecular flexibility index (Phi) is 13.0. The molecule has 0 aromatic heterocycles. The van der Waals surface area contributed by atoms with Gasteiger partial charge < -0.3 is 19.7 Å². The van der Waals surface area contributed by atoms with Gasteiger partial charge in [0.15, 0.2) is 12.2 Å².